The first-order valence-corrected chi connectivity index (χ1v) is 4.35. The minimum atomic E-state index is 0.187. The number of hydrogen-bond acceptors (Lipinski definition) is 4. The standard InChI is InChI=1S/C10H14N2O2/c1-14-9-2-3-10(13)8(6-9)7-12-5-4-11/h2-3,6-7,13H,4-5,11H2,1H3. The number of methoxy groups -OCH3 is 1. The van der Waals surface area contributed by atoms with Crippen LogP contribution in [0.25, 0.3) is 0 Å². The van der Waals surface area contributed by atoms with Crippen LogP contribution >= 0.6 is 0 Å². The molecule has 0 saturated carbocycles. The molecule has 1 rings (SSSR count). The van der Waals surface area contributed by atoms with Gasteiger partial charge in [-0.3, -0.25) is 4.99 Å². The van der Waals surface area contributed by atoms with E-state index in [-0.39, 0.29) is 5.75 Å². The zero-order chi connectivity index (χ0) is 10.4. The molecule has 0 amide bonds. The highest BCUT2D eigenvalue weighted by Gasteiger charge is 1.99. The smallest absolute Gasteiger partial charge is 0.124 e. The largest absolute Gasteiger partial charge is 0.507 e. The molecule has 0 aliphatic heterocycles. The number of nitrogens with two attached hydrogens (primary N) is 1. The molecule has 0 radical (unpaired) electrons. The zero-order valence-electron chi connectivity index (χ0n) is 8.10. The lowest BCUT2D eigenvalue weighted by atomic mass is 10.2. The lowest BCUT2D eigenvalue weighted by Crippen LogP contribution is -2.02. The van der Waals surface area contributed by atoms with Gasteiger partial charge in [-0.05, 0) is 18.2 Å². The minimum Gasteiger partial charge on any atom is -0.507 e. The molecule has 0 aromatic heterocycles. The van der Waals surface area contributed by atoms with E-state index in [1.54, 1.807) is 31.5 Å². The van der Waals surface area contributed by atoms with E-state index in [1.165, 1.54) is 0 Å². The Labute approximate surface area is 83.0 Å². The lowest BCUT2D eigenvalue weighted by Gasteiger charge is -2.02. The highest BCUT2D eigenvalue weighted by Crippen LogP contribution is 2.20. The van der Waals surface area contributed by atoms with Crippen molar-refractivity contribution in [3.63, 3.8) is 0 Å². The molecule has 0 bridgehead atoms. The molecule has 0 unspecified atom stereocenters. The monoisotopic (exact) mass is 194 g/mol. The van der Waals surface area contributed by atoms with Gasteiger partial charge in [-0.1, -0.05) is 0 Å². The van der Waals surface area contributed by atoms with Gasteiger partial charge in [0, 0.05) is 18.3 Å². The third kappa shape index (κ3) is 2.74. The summed E-state index contributed by atoms with van der Waals surface area (Å²) < 4.78 is 5.02. The maximum atomic E-state index is 9.45. The predicted molar refractivity (Wildman–Crippen MR) is 56.2 cm³/mol. The summed E-state index contributed by atoms with van der Waals surface area (Å²) in [6.45, 7) is 1.05. The summed E-state index contributed by atoms with van der Waals surface area (Å²) in [5.74, 6) is 0.878. The zero-order valence-corrected chi connectivity index (χ0v) is 8.10. The van der Waals surface area contributed by atoms with Crippen LogP contribution in [-0.2, 0) is 0 Å². The van der Waals surface area contributed by atoms with Gasteiger partial charge in [0.1, 0.15) is 11.5 Å². The van der Waals surface area contributed by atoms with Crippen LogP contribution in [0.5, 0.6) is 11.5 Å². The first-order chi connectivity index (χ1) is 6.77. The molecule has 0 spiro atoms. The number of nitrogens with zero attached hydrogens (tertiary/aromatic N) is 1. The Kier molecular flexibility index (Phi) is 3.94. The normalized spacial score (nSPS) is 10.7. The predicted octanol–water partition coefficient (Wildman–Crippen LogP) is 0.778. The Balaban J connectivity index is 2.83. The van der Waals surface area contributed by atoms with Crippen molar-refractivity contribution in [1.29, 1.82) is 0 Å². The Morgan fingerprint density at radius 3 is 3.00 bits per heavy atom. The molecule has 3 N–H and O–H groups in total. The van der Waals surface area contributed by atoms with Crippen LogP contribution in [0, 0.1) is 0 Å². The second-order valence-electron chi connectivity index (χ2n) is 2.75. The van der Waals surface area contributed by atoms with Gasteiger partial charge >= 0.3 is 0 Å². The fourth-order valence-corrected chi connectivity index (χ4v) is 1.00. The van der Waals surface area contributed by atoms with Gasteiger partial charge in [0.2, 0.25) is 0 Å². The van der Waals surface area contributed by atoms with Gasteiger partial charge in [0.15, 0.2) is 0 Å². The molecule has 0 fully saturated rings. The van der Waals surface area contributed by atoms with E-state index in [1.807, 2.05) is 0 Å². The van der Waals surface area contributed by atoms with Crippen molar-refractivity contribution < 1.29 is 9.84 Å². The lowest BCUT2D eigenvalue weighted by molar-refractivity contribution is 0.412. The van der Waals surface area contributed by atoms with Gasteiger partial charge in [-0.2, -0.15) is 0 Å². The summed E-state index contributed by atoms with van der Waals surface area (Å²) in [5.41, 5.74) is 5.92. The number of ether oxygens (including phenoxy) is 1. The number of phenols is 1. The average molecular weight is 194 g/mol. The minimum absolute atomic E-state index is 0.187. The van der Waals surface area contributed by atoms with E-state index < -0.39 is 0 Å². The van der Waals surface area contributed by atoms with Gasteiger partial charge in [-0.25, -0.2) is 0 Å². The molecule has 1 aromatic rings. The van der Waals surface area contributed by atoms with E-state index in [0.29, 0.717) is 24.4 Å². The van der Waals surface area contributed by atoms with Crippen LogP contribution in [0.2, 0.25) is 0 Å². The van der Waals surface area contributed by atoms with Crippen LogP contribution in [0.4, 0.5) is 0 Å². The molecule has 14 heavy (non-hydrogen) atoms. The van der Waals surface area contributed by atoms with E-state index in [2.05, 4.69) is 4.99 Å². The third-order valence-electron chi connectivity index (χ3n) is 1.72. The second-order valence-corrected chi connectivity index (χ2v) is 2.75. The summed E-state index contributed by atoms with van der Waals surface area (Å²) in [7, 11) is 1.58. The molecule has 0 saturated heterocycles. The molecular weight excluding hydrogens is 180 g/mol. The van der Waals surface area contributed by atoms with Crippen molar-refractivity contribution in [3.8, 4) is 11.5 Å². The van der Waals surface area contributed by atoms with Gasteiger partial charge in [-0.15, -0.1) is 0 Å². The van der Waals surface area contributed by atoms with E-state index >= 15 is 0 Å². The van der Waals surface area contributed by atoms with Crippen molar-refractivity contribution in [2.24, 2.45) is 10.7 Å². The highest BCUT2D eigenvalue weighted by molar-refractivity contribution is 5.84. The first-order valence-electron chi connectivity index (χ1n) is 4.35. The summed E-state index contributed by atoms with van der Waals surface area (Å²) in [4.78, 5) is 4.03. The van der Waals surface area contributed by atoms with Crippen LogP contribution in [0.1, 0.15) is 5.56 Å². The van der Waals surface area contributed by atoms with Crippen molar-refractivity contribution in [1.82, 2.24) is 0 Å². The number of aromatic hydroxyl groups is 1. The molecule has 4 nitrogen and oxygen atoms in total. The Hall–Kier alpha value is -1.55. The third-order valence-corrected chi connectivity index (χ3v) is 1.72. The topological polar surface area (TPSA) is 67.8 Å². The van der Waals surface area contributed by atoms with Gasteiger partial charge in [0.25, 0.3) is 0 Å². The highest BCUT2D eigenvalue weighted by atomic mass is 16.5. The van der Waals surface area contributed by atoms with Crippen LogP contribution in [0.3, 0.4) is 0 Å². The van der Waals surface area contributed by atoms with Gasteiger partial charge < -0.3 is 15.6 Å². The molecular formula is C10H14N2O2. The summed E-state index contributed by atoms with van der Waals surface area (Å²) in [6.07, 6.45) is 1.59. The Morgan fingerprint density at radius 2 is 2.36 bits per heavy atom. The second kappa shape index (κ2) is 5.24. The first kappa shape index (κ1) is 10.5. The number of benzene rings is 1. The van der Waals surface area contributed by atoms with Crippen molar-refractivity contribution >= 4 is 6.21 Å². The molecule has 4 heteroatoms. The molecule has 1 aromatic carbocycles. The number of aliphatic imine (C=N–C) groups is 1. The Morgan fingerprint density at radius 1 is 1.57 bits per heavy atom. The van der Waals surface area contributed by atoms with E-state index in [9.17, 15) is 5.11 Å². The van der Waals surface area contributed by atoms with E-state index in [0.717, 1.165) is 0 Å². The Bertz CT molecular complexity index is 324. The number of rotatable bonds is 4. The summed E-state index contributed by atoms with van der Waals surface area (Å²) >= 11 is 0. The van der Waals surface area contributed by atoms with Crippen LogP contribution in [-0.4, -0.2) is 31.5 Å². The molecule has 0 atom stereocenters. The molecule has 0 aliphatic carbocycles. The fraction of sp³-hybridized carbons (Fsp3) is 0.300. The SMILES string of the molecule is COc1ccc(O)c(C=NCCN)c1. The summed E-state index contributed by atoms with van der Waals surface area (Å²) in [6, 6.07) is 4.98. The maximum absolute atomic E-state index is 9.45. The quantitative estimate of drug-likeness (QED) is 0.696. The van der Waals surface area contributed by atoms with Crippen molar-refractivity contribution in [2.75, 3.05) is 20.2 Å². The maximum Gasteiger partial charge on any atom is 0.124 e. The van der Waals surface area contributed by atoms with Crippen LogP contribution in [0.15, 0.2) is 23.2 Å². The number of phenolic OH excluding ortho intramolecular Hbond substituents is 1. The molecule has 76 valence electrons. The van der Waals surface area contributed by atoms with Crippen molar-refractivity contribution in [3.05, 3.63) is 23.8 Å². The molecule has 0 heterocycles. The fourth-order valence-electron chi connectivity index (χ4n) is 1.00. The molecule has 0 aliphatic rings. The van der Waals surface area contributed by atoms with Gasteiger partial charge in [0.05, 0.1) is 13.7 Å². The van der Waals surface area contributed by atoms with Crippen LogP contribution < -0.4 is 10.5 Å². The van der Waals surface area contributed by atoms with Crippen molar-refractivity contribution in [2.45, 2.75) is 0 Å². The van der Waals surface area contributed by atoms with E-state index in [4.69, 9.17) is 10.5 Å². The number of hydrogen-bond donors (Lipinski definition) is 2. The average Bonchev–Trinajstić information content (AvgIpc) is 2.21. The summed E-state index contributed by atoms with van der Waals surface area (Å²) in [5, 5.41) is 9.45.